The molecule has 12 aromatic carbocycles. The van der Waals surface area contributed by atoms with Gasteiger partial charge >= 0.3 is 0 Å². The summed E-state index contributed by atoms with van der Waals surface area (Å²) in [6.45, 7) is 0. The highest BCUT2D eigenvalue weighted by Crippen LogP contribution is 2.55. The summed E-state index contributed by atoms with van der Waals surface area (Å²) in [6, 6.07) is 67.3. The average Bonchev–Trinajstić information content (AvgIpc) is 3.84. The van der Waals surface area contributed by atoms with Crippen LogP contribution < -0.4 is 0 Å². The molecular formula is C58H28N4. The first-order chi connectivity index (χ1) is 30.5. The summed E-state index contributed by atoms with van der Waals surface area (Å²) in [7, 11) is 0. The second-order valence-corrected chi connectivity index (χ2v) is 16.0. The molecule has 0 aliphatic heterocycles. The van der Waals surface area contributed by atoms with Gasteiger partial charge < -0.3 is 0 Å². The topological polar surface area (TPSA) is 95.2 Å². The summed E-state index contributed by atoms with van der Waals surface area (Å²) in [4.78, 5) is 0. The molecule has 0 saturated carbocycles. The number of nitrogens with zero attached hydrogens (tertiary/aromatic N) is 4. The highest BCUT2D eigenvalue weighted by atomic mass is 14.3. The van der Waals surface area contributed by atoms with Crippen molar-refractivity contribution in [3.8, 4) is 68.8 Å². The lowest BCUT2D eigenvalue weighted by molar-refractivity contribution is 1.47. The van der Waals surface area contributed by atoms with Crippen LogP contribution in [0.1, 0.15) is 22.3 Å². The van der Waals surface area contributed by atoms with Crippen molar-refractivity contribution in [2.24, 2.45) is 0 Å². The van der Waals surface area contributed by atoms with Crippen molar-refractivity contribution in [2.75, 3.05) is 0 Å². The molecule has 0 amide bonds. The van der Waals surface area contributed by atoms with Crippen molar-refractivity contribution in [2.45, 2.75) is 0 Å². The van der Waals surface area contributed by atoms with Gasteiger partial charge in [-0.1, -0.05) is 103 Å². The van der Waals surface area contributed by atoms with Crippen molar-refractivity contribution >= 4 is 75.4 Å². The maximum absolute atomic E-state index is 10.6. The molecule has 0 aliphatic rings. The fourth-order valence-corrected chi connectivity index (χ4v) is 10.2. The molecule has 0 radical (unpaired) electrons. The van der Waals surface area contributed by atoms with Gasteiger partial charge in [0.2, 0.25) is 0 Å². The van der Waals surface area contributed by atoms with Gasteiger partial charge in [0.15, 0.2) is 0 Å². The highest BCUT2D eigenvalue weighted by Gasteiger charge is 2.27. The van der Waals surface area contributed by atoms with Gasteiger partial charge in [0, 0.05) is 0 Å². The molecule has 0 N–H and O–H groups in total. The molecular weight excluding hydrogens is 753 g/mol. The first-order valence-corrected chi connectivity index (χ1v) is 20.4. The highest BCUT2D eigenvalue weighted by molar-refractivity contribution is 6.44. The third kappa shape index (κ3) is 4.97. The second-order valence-electron chi connectivity index (χ2n) is 16.0. The summed E-state index contributed by atoms with van der Waals surface area (Å²) in [5.41, 5.74) is 9.72. The number of benzene rings is 10. The summed E-state index contributed by atoms with van der Waals surface area (Å²) in [5.74, 6) is 0. The third-order valence-electron chi connectivity index (χ3n) is 12.8. The van der Waals surface area contributed by atoms with Crippen LogP contribution in [0.25, 0.3) is 120 Å². The standard InChI is InChI=1S/C58H28N4/c59-29-33-14-18-37(19-15-33)40-22-35(31-61)24-42(26-40)53-51-28-50-45-9-2-1-8-44(45)46-10-5-13-49(55(46)50)56(51)54(58-48-12-4-7-39-6-3-11-47(52(39)48)57(53)58)43-25-36(32-62)23-41(27-43)38-20-16-34(30-60)17-21-38/h1-28H. The minimum Gasteiger partial charge on any atom is -0.192 e. The van der Waals surface area contributed by atoms with Crippen molar-refractivity contribution in [3.63, 3.8) is 0 Å². The van der Waals surface area contributed by atoms with E-state index in [9.17, 15) is 21.0 Å². The van der Waals surface area contributed by atoms with Crippen LogP contribution in [0.3, 0.4) is 0 Å². The molecule has 0 fully saturated rings. The van der Waals surface area contributed by atoms with Gasteiger partial charge in [0.05, 0.1) is 46.5 Å². The Bertz CT molecular complexity index is 4050. The molecule has 0 heterocycles. The third-order valence-corrected chi connectivity index (χ3v) is 12.8. The number of nitriles is 4. The molecule has 280 valence electrons. The maximum atomic E-state index is 10.6. The van der Waals surface area contributed by atoms with Crippen LogP contribution in [-0.2, 0) is 0 Å². The average molecular weight is 781 g/mol. The van der Waals surface area contributed by atoms with E-state index >= 15 is 0 Å². The molecule has 62 heavy (non-hydrogen) atoms. The van der Waals surface area contributed by atoms with E-state index in [-0.39, 0.29) is 0 Å². The molecule has 12 aromatic rings. The van der Waals surface area contributed by atoms with Crippen molar-refractivity contribution in [1.82, 2.24) is 0 Å². The minimum absolute atomic E-state index is 0.535. The van der Waals surface area contributed by atoms with E-state index in [0.29, 0.717) is 22.3 Å². The molecule has 0 bridgehead atoms. The van der Waals surface area contributed by atoms with Gasteiger partial charge in [-0.05, 0) is 187 Å². The number of hydrogen-bond acceptors (Lipinski definition) is 4. The van der Waals surface area contributed by atoms with E-state index in [0.717, 1.165) is 98.4 Å². The van der Waals surface area contributed by atoms with Crippen LogP contribution >= 0.6 is 0 Å². The normalized spacial score (nSPS) is 11.5. The second kappa shape index (κ2) is 13.2. The van der Waals surface area contributed by atoms with Gasteiger partial charge in [-0.3, -0.25) is 0 Å². The summed E-state index contributed by atoms with van der Waals surface area (Å²) in [6.07, 6.45) is 0. The predicted molar refractivity (Wildman–Crippen MR) is 252 cm³/mol. The van der Waals surface area contributed by atoms with Gasteiger partial charge in [0.25, 0.3) is 0 Å². The molecule has 0 unspecified atom stereocenters. The zero-order valence-electron chi connectivity index (χ0n) is 33.0. The Morgan fingerprint density at radius 3 is 1.23 bits per heavy atom. The van der Waals surface area contributed by atoms with E-state index in [1.165, 1.54) is 21.5 Å². The maximum Gasteiger partial charge on any atom is 0.0992 e. The Balaban J connectivity index is 1.34. The van der Waals surface area contributed by atoms with E-state index in [2.05, 4.69) is 121 Å². The molecule has 0 aliphatic carbocycles. The molecule has 12 rings (SSSR count). The Hall–Kier alpha value is -9.06. The quantitative estimate of drug-likeness (QED) is 0.166. The van der Waals surface area contributed by atoms with Crippen LogP contribution in [0.5, 0.6) is 0 Å². The molecule has 0 spiro atoms. The molecule has 0 atom stereocenters. The Morgan fingerprint density at radius 2 is 0.677 bits per heavy atom. The van der Waals surface area contributed by atoms with Crippen LogP contribution in [0, 0.1) is 45.3 Å². The fraction of sp³-hybridized carbons (Fsp3) is 0. The lowest BCUT2D eigenvalue weighted by Gasteiger charge is -2.20. The Labute approximate surface area is 355 Å². The van der Waals surface area contributed by atoms with Crippen molar-refractivity contribution < 1.29 is 0 Å². The SMILES string of the molecule is N#Cc1ccc(-c2cc(C#N)cc(-c3c4cc5c6ccccc6c6cccc(c4c(-c4cc(C#N)cc(-c7ccc(C#N)cc7)c4)c4c7cccc8cccc(c34)c87)c65)c2)cc1. The molecule has 0 saturated heterocycles. The van der Waals surface area contributed by atoms with E-state index in [4.69, 9.17) is 0 Å². The summed E-state index contributed by atoms with van der Waals surface area (Å²) >= 11 is 0. The first-order valence-electron chi connectivity index (χ1n) is 20.4. The Morgan fingerprint density at radius 1 is 0.242 bits per heavy atom. The summed E-state index contributed by atoms with van der Waals surface area (Å²) in [5, 5.41) is 56.3. The van der Waals surface area contributed by atoms with Crippen LogP contribution in [0.4, 0.5) is 0 Å². The van der Waals surface area contributed by atoms with E-state index in [1.807, 2.05) is 72.8 Å². The van der Waals surface area contributed by atoms with Crippen molar-refractivity contribution in [3.05, 3.63) is 192 Å². The van der Waals surface area contributed by atoms with E-state index in [1.54, 1.807) is 0 Å². The minimum atomic E-state index is 0.535. The number of rotatable bonds is 4. The lowest BCUT2D eigenvalue weighted by atomic mass is 9.82. The largest absolute Gasteiger partial charge is 0.192 e. The molecule has 4 heteroatoms. The molecule has 4 nitrogen and oxygen atoms in total. The first kappa shape index (κ1) is 34.9. The smallest absolute Gasteiger partial charge is 0.0992 e. The van der Waals surface area contributed by atoms with Gasteiger partial charge in [-0.25, -0.2) is 0 Å². The lowest BCUT2D eigenvalue weighted by Crippen LogP contribution is -1.94. The zero-order chi connectivity index (χ0) is 41.6. The monoisotopic (exact) mass is 780 g/mol. The van der Waals surface area contributed by atoms with Gasteiger partial charge in [-0.15, -0.1) is 0 Å². The number of fused-ring (bicyclic) bond motifs is 8. The van der Waals surface area contributed by atoms with Crippen LogP contribution in [-0.4, -0.2) is 0 Å². The van der Waals surface area contributed by atoms with Crippen LogP contribution in [0.15, 0.2) is 170 Å². The zero-order valence-corrected chi connectivity index (χ0v) is 33.0. The van der Waals surface area contributed by atoms with Gasteiger partial charge in [-0.2, -0.15) is 21.0 Å². The molecule has 0 aromatic heterocycles. The van der Waals surface area contributed by atoms with E-state index < -0.39 is 0 Å². The van der Waals surface area contributed by atoms with Crippen LogP contribution in [0.2, 0.25) is 0 Å². The summed E-state index contributed by atoms with van der Waals surface area (Å²) < 4.78 is 0. The predicted octanol–water partition coefficient (Wildman–Crippen LogP) is 14.8. The number of hydrogen-bond donors (Lipinski definition) is 0. The van der Waals surface area contributed by atoms with Gasteiger partial charge in [0.1, 0.15) is 0 Å². The fourth-order valence-electron chi connectivity index (χ4n) is 10.2. The Kier molecular flexibility index (Phi) is 7.45. The van der Waals surface area contributed by atoms with Crippen molar-refractivity contribution in [1.29, 1.82) is 21.0 Å².